The molecule has 2 atom stereocenters. The van der Waals surface area contributed by atoms with Crippen LogP contribution in [0.15, 0.2) is 5.38 Å². The highest BCUT2D eigenvalue weighted by molar-refractivity contribution is 7.99. The van der Waals surface area contributed by atoms with Gasteiger partial charge in [0.1, 0.15) is 10.7 Å². The summed E-state index contributed by atoms with van der Waals surface area (Å²) in [4.78, 5) is 16.3. The van der Waals surface area contributed by atoms with Crippen LogP contribution in [0.4, 0.5) is 0 Å². The van der Waals surface area contributed by atoms with E-state index in [9.17, 15) is 4.79 Å². The lowest BCUT2D eigenvalue weighted by Gasteiger charge is -2.19. The number of amides is 1. The molecule has 1 aliphatic rings. The number of hydrogen-bond donors (Lipinski definition) is 2. The van der Waals surface area contributed by atoms with Gasteiger partial charge in [-0.05, 0) is 18.6 Å². The molecule has 1 aliphatic carbocycles. The van der Waals surface area contributed by atoms with Gasteiger partial charge in [0.15, 0.2) is 0 Å². The zero-order valence-corrected chi connectivity index (χ0v) is 13.4. The number of thioether (sulfide) groups is 1. The van der Waals surface area contributed by atoms with Crippen LogP contribution in [0.3, 0.4) is 0 Å². The van der Waals surface area contributed by atoms with Crippen LogP contribution in [-0.4, -0.2) is 27.9 Å². The van der Waals surface area contributed by atoms with Crippen molar-refractivity contribution in [1.29, 1.82) is 0 Å². The average molecular weight is 322 g/mol. The first kappa shape index (κ1) is 16.8. The Bertz CT molecular complexity index is 413. The summed E-state index contributed by atoms with van der Waals surface area (Å²) in [6.07, 6.45) is 3.49. The molecule has 7 heteroatoms. The zero-order chi connectivity index (χ0) is 13.0. The molecule has 1 fully saturated rings. The standard InChI is InChI=1S/C12H19N3OS2.ClH/c1-2-17-10-5-3-4-8(10)15-12(16)9-7-18-11(6-13)14-9;/h7-8,10H,2-6,13H2,1H3,(H,15,16);1H. The van der Waals surface area contributed by atoms with Gasteiger partial charge in [0, 0.05) is 23.2 Å². The summed E-state index contributed by atoms with van der Waals surface area (Å²) < 4.78 is 0. The van der Waals surface area contributed by atoms with Gasteiger partial charge in [0.2, 0.25) is 0 Å². The molecule has 1 heterocycles. The van der Waals surface area contributed by atoms with E-state index in [1.54, 1.807) is 5.38 Å². The predicted octanol–water partition coefficient (Wildman–Crippen LogP) is 2.43. The van der Waals surface area contributed by atoms with Crippen molar-refractivity contribution in [2.24, 2.45) is 5.73 Å². The van der Waals surface area contributed by atoms with Gasteiger partial charge in [-0.3, -0.25) is 4.79 Å². The lowest BCUT2D eigenvalue weighted by molar-refractivity contribution is 0.0934. The molecule has 0 radical (unpaired) electrons. The van der Waals surface area contributed by atoms with Crippen molar-refractivity contribution in [3.8, 4) is 0 Å². The molecule has 19 heavy (non-hydrogen) atoms. The Hall–Kier alpha value is -0.300. The van der Waals surface area contributed by atoms with Crippen molar-refractivity contribution in [3.63, 3.8) is 0 Å². The van der Waals surface area contributed by atoms with E-state index >= 15 is 0 Å². The van der Waals surface area contributed by atoms with Crippen molar-refractivity contribution in [2.75, 3.05) is 5.75 Å². The molecule has 0 spiro atoms. The maximum absolute atomic E-state index is 12.1. The fourth-order valence-corrected chi connectivity index (χ4v) is 4.11. The van der Waals surface area contributed by atoms with Gasteiger partial charge in [0.05, 0.1) is 0 Å². The fraction of sp³-hybridized carbons (Fsp3) is 0.667. The number of carbonyl (C=O) groups excluding carboxylic acids is 1. The van der Waals surface area contributed by atoms with Crippen molar-refractivity contribution in [3.05, 3.63) is 16.1 Å². The number of nitrogens with two attached hydrogens (primary N) is 1. The van der Waals surface area contributed by atoms with Crippen LogP contribution >= 0.6 is 35.5 Å². The first-order valence-electron chi connectivity index (χ1n) is 6.31. The monoisotopic (exact) mass is 321 g/mol. The SMILES string of the molecule is CCSC1CCCC1NC(=O)c1csc(CN)n1.Cl. The van der Waals surface area contributed by atoms with Crippen LogP contribution in [0.25, 0.3) is 0 Å². The van der Waals surface area contributed by atoms with E-state index in [4.69, 9.17) is 5.73 Å². The topological polar surface area (TPSA) is 68.0 Å². The second kappa shape index (κ2) is 8.09. The maximum Gasteiger partial charge on any atom is 0.271 e. The molecule has 3 N–H and O–H groups in total. The van der Waals surface area contributed by atoms with E-state index in [2.05, 4.69) is 17.2 Å². The molecule has 1 saturated carbocycles. The molecule has 1 aromatic rings. The summed E-state index contributed by atoms with van der Waals surface area (Å²) in [6.45, 7) is 2.56. The van der Waals surface area contributed by atoms with Crippen LogP contribution in [0, 0.1) is 0 Å². The van der Waals surface area contributed by atoms with E-state index in [1.165, 1.54) is 24.2 Å². The van der Waals surface area contributed by atoms with Gasteiger partial charge in [-0.25, -0.2) is 4.98 Å². The second-order valence-corrected chi connectivity index (χ2v) is 6.79. The minimum Gasteiger partial charge on any atom is -0.347 e. The Labute approximate surface area is 128 Å². The number of aromatic nitrogens is 1. The molecule has 0 bridgehead atoms. The fourth-order valence-electron chi connectivity index (χ4n) is 2.26. The Morgan fingerprint density at radius 3 is 3.05 bits per heavy atom. The van der Waals surface area contributed by atoms with Gasteiger partial charge in [-0.2, -0.15) is 11.8 Å². The van der Waals surface area contributed by atoms with Crippen molar-refractivity contribution in [2.45, 2.75) is 44.0 Å². The number of hydrogen-bond acceptors (Lipinski definition) is 5. The minimum atomic E-state index is -0.0560. The highest BCUT2D eigenvalue weighted by Gasteiger charge is 2.29. The van der Waals surface area contributed by atoms with Gasteiger partial charge < -0.3 is 11.1 Å². The number of nitrogens with zero attached hydrogens (tertiary/aromatic N) is 1. The molecular formula is C12H20ClN3OS2. The highest BCUT2D eigenvalue weighted by atomic mass is 35.5. The largest absolute Gasteiger partial charge is 0.347 e. The molecule has 0 aromatic carbocycles. The van der Waals surface area contributed by atoms with Crippen LogP contribution in [0.1, 0.15) is 41.7 Å². The predicted molar refractivity (Wildman–Crippen MR) is 84.3 cm³/mol. The minimum absolute atomic E-state index is 0. The molecule has 1 amide bonds. The van der Waals surface area contributed by atoms with Crippen molar-refractivity contribution in [1.82, 2.24) is 10.3 Å². The van der Waals surface area contributed by atoms with Crippen LogP contribution < -0.4 is 11.1 Å². The second-order valence-electron chi connectivity index (χ2n) is 4.34. The van der Waals surface area contributed by atoms with Gasteiger partial charge in [0.25, 0.3) is 5.91 Å². The lowest BCUT2D eigenvalue weighted by Crippen LogP contribution is -2.39. The third-order valence-electron chi connectivity index (χ3n) is 3.11. The number of nitrogens with one attached hydrogen (secondary N) is 1. The highest BCUT2D eigenvalue weighted by Crippen LogP contribution is 2.30. The maximum atomic E-state index is 12.1. The van der Waals surface area contributed by atoms with E-state index in [0.717, 1.165) is 17.2 Å². The van der Waals surface area contributed by atoms with Crippen LogP contribution in [-0.2, 0) is 6.54 Å². The van der Waals surface area contributed by atoms with E-state index in [-0.39, 0.29) is 18.3 Å². The summed E-state index contributed by atoms with van der Waals surface area (Å²) in [5.74, 6) is 1.05. The number of rotatable bonds is 5. The quantitative estimate of drug-likeness (QED) is 0.874. The normalized spacial score (nSPS) is 22.0. The number of thiazole rings is 1. The van der Waals surface area contributed by atoms with E-state index in [1.807, 2.05) is 11.8 Å². The molecule has 2 unspecified atom stereocenters. The Morgan fingerprint density at radius 2 is 2.42 bits per heavy atom. The van der Waals surface area contributed by atoms with Gasteiger partial charge in [-0.1, -0.05) is 13.3 Å². The molecule has 4 nitrogen and oxygen atoms in total. The molecule has 108 valence electrons. The molecule has 2 rings (SSSR count). The Balaban J connectivity index is 0.00000180. The Kier molecular flexibility index (Phi) is 7.13. The smallest absolute Gasteiger partial charge is 0.271 e. The summed E-state index contributed by atoms with van der Waals surface area (Å²) in [7, 11) is 0. The van der Waals surface area contributed by atoms with Gasteiger partial charge >= 0.3 is 0 Å². The number of carbonyl (C=O) groups is 1. The first-order valence-corrected chi connectivity index (χ1v) is 8.24. The van der Waals surface area contributed by atoms with Crippen LogP contribution in [0.2, 0.25) is 0 Å². The number of halogens is 1. The van der Waals surface area contributed by atoms with Crippen molar-refractivity contribution >= 4 is 41.4 Å². The summed E-state index contributed by atoms with van der Waals surface area (Å²) in [6, 6.07) is 0.297. The summed E-state index contributed by atoms with van der Waals surface area (Å²) in [5, 5.41) is 6.27. The third-order valence-corrected chi connectivity index (χ3v) is 5.31. The van der Waals surface area contributed by atoms with E-state index < -0.39 is 0 Å². The average Bonchev–Trinajstić information content (AvgIpc) is 2.99. The van der Waals surface area contributed by atoms with Gasteiger partial charge in [-0.15, -0.1) is 23.7 Å². The molecule has 0 aliphatic heterocycles. The Morgan fingerprint density at radius 1 is 1.63 bits per heavy atom. The van der Waals surface area contributed by atoms with E-state index in [0.29, 0.717) is 23.5 Å². The lowest BCUT2D eigenvalue weighted by atomic mass is 10.2. The molecular weight excluding hydrogens is 302 g/mol. The summed E-state index contributed by atoms with van der Waals surface area (Å²) in [5.41, 5.74) is 6.01. The molecule has 0 saturated heterocycles. The zero-order valence-electron chi connectivity index (χ0n) is 10.9. The van der Waals surface area contributed by atoms with Crippen molar-refractivity contribution < 1.29 is 4.79 Å². The molecule has 1 aromatic heterocycles. The first-order chi connectivity index (χ1) is 8.74. The van der Waals surface area contributed by atoms with Crippen LogP contribution in [0.5, 0.6) is 0 Å². The summed E-state index contributed by atoms with van der Waals surface area (Å²) >= 11 is 3.39. The third kappa shape index (κ3) is 4.34.